The number of anilines is 4. The van der Waals surface area contributed by atoms with Gasteiger partial charge in [0.05, 0.1) is 81.8 Å². The van der Waals surface area contributed by atoms with E-state index in [2.05, 4.69) is 54.4 Å². The van der Waals surface area contributed by atoms with E-state index < -0.39 is 0 Å². The van der Waals surface area contributed by atoms with E-state index >= 15 is 0 Å². The van der Waals surface area contributed by atoms with Gasteiger partial charge in [-0.25, -0.2) is 0 Å². The highest BCUT2D eigenvalue weighted by Gasteiger charge is 2.39. The fourth-order valence-corrected chi connectivity index (χ4v) is 12.5. The summed E-state index contributed by atoms with van der Waals surface area (Å²) in [6.07, 6.45) is 4.36. The summed E-state index contributed by atoms with van der Waals surface area (Å²) in [5, 5.41) is 3.54. The Kier molecular flexibility index (Phi) is 17.4. The van der Waals surface area contributed by atoms with Crippen molar-refractivity contribution < 1.29 is 47.5 Å². The lowest BCUT2D eigenvalue weighted by atomic mass is 10.1. The zero-order valence-corrected chi connectivity index (χ0v) is 44.9. The van der Waals surface area contributed by atoms with Crippen molar-refractivity contribution in [2.24, 2.45) is 10.7 Å². The molecule has 9 rings (SSSR count). The highest BCUT2D eigenvalue weighted by atomic mass is 33.1. The van der Waals surface area contributed by atoms with Crippen LogP contribution >= 0.6 is 21.6 Å². The molecule has 3 amide bonds. The minimum atomic E-state index is -0.297. The van der Waals surface area contributed by atoms with E-state index in [9.17, 15) is 14.4 Å². The molecule has 75 heavy (non-hydrogen) atoms. The molecule has 0 radical (unpaired) electrons. The molecule has 0 fully saturated rings. The second kappa shape index (κ2) is 24.5. The Morgan fingerprint density at radius 1 is 0.760 bits per heavy atom. The summed E-state index contributed by atoms with van der Waals surface area (Å²) in [5.41, 5.74) is 14.3. The molecule has 396 valence electrons. The maximum atomic E-state index is 14.2. The van der Waals surface area contributed by atoms with E-state index in [-0.39, 0.29) is 47.8 Å². The smallest absolute Gasteiger partial charge is 0.261 e. The number of benzene rings is 5. The van der Waals surface area contributed by atoms with Gasteiger partial charge in [-0.3, -0.25) is 24.3 Å². The third-order valence-corrected chi connectivity index (χ3v) is 16.8. The minimum absolute atomic E-state index is 0.0238. The topological polar surface area (TPSA) is 176 Å². The number of nitrogens with two attached hydrogens (primary N) is 1. The van der Waals surface area contributed by atoms with Gasteiger partial charge in [0.1, 0.15) is 13.2 Å². The first kappa shape index (κ1) is 53.4. The van der Waals surface area contributed by atoms with Crippen LogP contribution in [0.15, 0.2) is 96.0 Å². The monoisotopic (exact) mass is 1060 g/mol. The van der Waals surface area contributed by atoms with Crippen LogP contribution in [-0.2, 0) is 45.1 Å². The van der Waals surface area contributed by atoms with E-state index in [0.717, 1.165) is 51.5 Å². The summed E-state index contributed by atoms with van der Waals surface area (Å²) >= 11 is 0. The molecule has 5 aromatic carbocycles. The van der Waals surface area contributed by atoms with Gasteiger partial charge in [-0.05, 0) is 91.4 Å². The second-order valence-corrected chi connectivity index (χ2v) is 22.5. The zero-order valence-electron chi connectivity index (χ0n) is 43.3. The highest BCUT2D eigenvalue weighted by Crippen LogP contribution is 2.44. The van der Waals surface area contributed by atoms with Crippen LogP contribution in [0.25, 0.3) is 0 Å². The molecule has 16 nitrogen and oxygen atoms in total. The van der Waals surface area contributed by atoms with E-state index in [4.69, 9.17) is 43.9 Å². The van der Waals surface area contributed by atoms with Gasteiger partial charge in [-0.2, -0.15) is 0 Å². The number of rotatable bonds is 26. The Balaban J connectivity index is 1.00. The Morgan fingerprint density at radius 2 is 1.39 bits per heavy atom. The number of para-hydroxylation sites is 2. The first-order valence-electron chi connectivity index (χ1n) is 25.4. The summed E-state index contributed by atoms with van der Waals surface area (Å²) in [7, 11) is 8.29. The summed E-state index contributed by atoms with van der Waals surface area (Å²) in [6.45, 7) is 8.82. The van der Waals surface area contributed by atoms with Gasteiger partial charge in [0.25, 0.3) is 11.8 Å². The molecule has 5 aromatic rings. The molecule has 3 N–H and O–H groups in total. The first-order valence-corrected chi connectivity index (χ1v) is 27.7. The molecule has 4 aliphatic rings. The van der Waals surface area contributed by atoms with Gasteiger partial charge in [-0.15, -0.1) is 0 Å². The fourth-order valence-electron chi connectivity index (χ4n) is 9.95. The van der Waals surface area contributed by atoms with E-state index in [0.29, 0.717) is 117 Å². The summed E-state index contributed by atoms with van der Waals surface area (Å²) in [4.78, 5) is 50.8. The number of ether oxygens (including phenoxy) is 7. The summed E-state index contributed by atoms with van der Waals surface area (Å²) in [6, 6.07) is 29.2. The average Bonchev–Trinajstić information content (AvgIpc) is 3.91. The van der Waals surface area contributed by atoms with Gasteiger partial charge in [0.15, 0.2) is 23.0 Å². The molecule has 0 saturated carbocycles. The molecular formula is C57H66N6O10S2. The maximum absolute atomic E-state index is 14.2. The number of nitrogens with zero attached hydrogens (tertiary/aromatic N) is 4. The molecule has 18 heteroatoms. The number of nitrogens with one attached hydrogen (secondary N) is 1. The lowest BCUT2D eigenvalue weighted by Crippen LogP contribution is -2.39. The SMILES string of the molecule is COCCOCCOCCN(CC(C)(C)SSCCCC(N)=O)c1cc(COc2cc3c(cc2OC)C(=O)N2c4ccccc4CC2C=N3)cc(COc2cc3c(cc2OC)C(=O)N2c4ccccc4CC2CN3)c1. The lowest BCUT2D eigenvalue weighted by molar-refractivity contribution is -0.118. The van der Waals surface area contributed by atoms with Crippen LogP contribution in [0.3, 0.4) is 0 Å². The quantitative estimate of drug-likeness (QED) is 0.0396. The van der Waals surface area contributed by atoms with Gasteiger partial charge >= 0.3 is 0 Å². The van der Waals surface area contributed by atoms with Crippen LogP contribution < -0.4 is 44.7 Å². The van der Waals surface area contributed by atoms with Gasteiger partial charge in [0.2, 0.25) is 5.91 Å². The van der Waals surface area contributed by atoms with Crippen LogP contribution in [0.4, 0.5) is 28.4 Å². The normalized spacial score (nSPS) is 16.2. The molecule has 2 unspecified atom stereocenters. The largest absolute Gasteiger partial charge is 0.493 e. The van der Waals surface area contributed by atoms with E-state index in [1.165, 1.54) is 0 Å². The second-order valence-electron chi connectivity index (χ2n) is 19.4. The van der Waals surface area contributed by atoms with Crippen LogP contribution in [0.1, 0.15) is 69.7 Å². The molecule has 4 aliphatic heterocycles. The Labute approximate surface area is 446 Å². The van der Waals surface area contributed by atoms with Gasteiger partial charge in [0, 0.05) is 85.5 Å². The van der Waals surface area contributed by atoms with Crippen molar-refractivity contribution in [2.75, 3.05) is 99.8 Å². The number of primary amides is 1. The average molecular weight is 1060 g/mol. The summed E-state index contributed by atoms with van der Waals surface area (Å²) in [5.74, 6) is 2.03. The van der Waals surface area contributed by atoms with Crippen LogP contribution in [0.5, 0.6) is 23.0 Å². The van der Waals surface area contributed by atoms with E-state index in [1.54, 1.807) is 61.1 Å². The lowest BCUT2D eigenvalue weighted by Gasteiger charge is -2.34. The number of methoxy groups -OCH3 is 3. The molecule has 4 heterocycles. The Hall–Kier alpha value is -6.44. The van der Waals surface area contributed by atoms with Crippen molar-refractivity contribution in [3.8, 4) is 23.0 Å². The Bertz CT molecular complexity index is 2900. The molecule has 0 saturated heterocycles. The summed E-state index contributed by atoms with van der Waals surface area (Å²) < 4.78 is 41.8. The van der Waals surface area contributed by atoms with Crippen LogP contribution in [0, 0.1) is 0 Å². The molecule has 2 atom stereocenters. The maximum Gasteiger partial charge on any atom is 0.261 e. The first-order chi connectivity index (χ1) is 36.4. The zero-order chi connectivity index (χ0) is 52.5. The predicted molar refractivity (Wildman–Crippen MR) is 298 cm³/mol. The van der Waals surface area contributed by atoms with Crippen LogP contribution in [-0.4, -0.2) is 121 Å². The van der Waals surface area contributed by atoms with E-state index in [1.807, 2.05) is 58.5 Å². The molecule has 0 aromatic heterocycles. The minimum Gasteiger partial charge on any atom is -0.493 e. The third kappa shape index (κ3) is 12.6. The highest BCUT2D eigenvalue weighted by molar-refractivity contribution is 8.77. The van der Waals surface area contributed by atoms with Crippen molar-refractivity contribution >= 4 is 74.0 Å². The molecular weight excluding hydrogens is 993 g/mol. The van der Waals surface area contributed by atoms with Gasteiger partial charge < -0.3 is 54.0 Å². The molecule has 0 bridgehead atoms. The van der Waals surface area contributed by atoms with Crippen molar-refractivity contribution in [1.29, 1.82) is 0 Å². The number of carbonyl (C=O) groups excluding carboxylic acids is 3. The third-order valence-electron chi connectivity index (χ3n) is 13.5. The van der Waals surface area contributed by atoms with Gasteiger partial charge in [-0.1, -0.05) is 58.0 Å². The van der Waals surface area contributed by atoms with Crippen molar-refractivity contribution in [3.05, 3.63) is 124 Å². The standard InChI is InChI=1S/C57H66N6O10S2/c1-57(2,75-74-22-10-15-54(58)64)36-61(16-17-70-20-21-71-19-18-67-3)41-24-37(34-72-52-30-46-44(28-50(52)68-4)55(65)62-42(32-59-46)26-39-11-6-8-13-48(39)62)23-38(25-41)35-73-53-31-47-45(29-51(53)69-5)56(66)63-43(33-60-47)27-40-12-7-9-14-49(40)63/h6-9,11-14,23-25,28-32,42-43,60H,10,15-22,26-27,33-36H2,1-5H3,(H2,58,64). The number of amides is 3. The molecule has 0 spiro atoms. The number of carbonyl (C=O) groups is 3. The van der Waals surface area contributed by atoms with Crippen molar-refractivity contribution in [2.45, 2.75) is 69.6 Å². The van der Waals surface area contributed by atoms with Crippen LogP contribution in [0.2, 0.25) is 0 Å². The Morgan fingerprint density at radius 3 is 2.08 bits per heavy atom. The predicted octanol–water partition coefficient (Wildman–Crippen LogP) is 9.06. The number of fused-ring (bicyclic) bond motifs is 8. The molecule has 0 aliphatic carbocycles. The number of hydrogen-bond donors (Lipinski definition) is 2. The number of aliphatic imine (C=N–C) groups is 1. The fraction of sp³-hybridized carbons (Fsp3) is 0.404. The van der Waals surface area contributed by atoms with Crippen molar-refractivity contribution in [3.63, 3.8) is 0 Å². The van der Waals surface area contributed by atoms with Crippen molar-refractivity contribution in [1.82, 2.24) is 0 Å². The number of hydrogen-bond acceptors (Lipinski definition) is 15.